The molecule has 0 N–H and O–H groups in total. The van der Waals surface area contributed by atoms with Crippen LogP contribution in [0.1, 0.15) is 33.2 Å². The average Bonchev–Trinajstić information content (AvgIpc) is 3.42. The van der Waals surface area contributed by atoms with Crippen LogP contribution in [0.15, 0.2) is 85.2 Å². The van der Waals surface area contributed by atoms with Gasteiger partial charge in [0.05, 0.1) is 18.5 Å². The molecule has 0 radical (unpaired) electrons. The number of nitrogens with zero attached hydrogens (tertiary/aromatic N) is 4. The maximum Gasteiger partial charge on any atom is 0.262 e. The van der Waals surface area contributed by atoms with Crippen molar-refractivity contribution in [2.45, 2.75) is 44.4 Å². The molecule has 0 amide bonds. The van der Waals surface area contributed by atoms with Gasteiger partial charge in [0.25, 0.3) is 8.32 Å². The first-order valence-electron chi connectivity index (χ1n) is 11.3. The summed E-state index contributed by atoms with van der Waals surface area (Å²) in [6.45, 7) is 6.57. The van der Waals surface area contributed by atoms with Gasteiger partial charge in [-0.15, -0.1) is 0 Å². The van der Waals surface area contributed by atoms with E-state index in [0.717, 1.165) is 10.4 Å². The highest BCUT2D eigenvalue weighted by Gasteiger charge is 2.52. The Labute approximate surface area is 204 Å². The van der Waals surface area contributed by atoms with Crippen LogP contribution in [0.3, 0.4) is 0 Å². The molecule has 5 rings (SSSR count). The van der Waals surface area contributed by atoms with E-state index < -0.39 is 14.4 Å². The van der Waals surface area contributed by atoms with Crippen LogP contribution in [-0.4, -0.2) is 33.9 Å². The van der Waals surface area contributed by atoms with Crippen molar-refractivity contribution in [1.82, 2.24) is 19.5 Å². The lowest BCUT2D eigenvalue weighted by molar-refractivity contribution is 0.189. The van der Waals surface area contributed by atoms with Crippen molar-refractivity contribution in [1.29, 1.82) is 0 Å². The Morgan fingerprint density at radius 3 is 2.18 bits per heavy atom. The van der Waals surface area contributed by atoms with Crippen molar-refractivity contribution in [3.63, 3.8) is 0 Å². The Morgan fingerprint density at radius 1 is 0.971 bits per heavy atom. The van der Waals surface area contributed by atoms with E-state index in [9.17, 15) is 0 Å². The highest BCUT2D eigenvalue weighted by atomic mass is 35.5. The average molecular weight is 493 g/mol. The van der Waals surface area contributed by atoms with Crippen molar-refractivity contribution >= 4 is 41.5 Å². The van der Waals surface area contributed by atoms with E-state index in [1.807, 2.05) is 41.0 Å². The molecule has 2 atom stereocenters. The van der Waals surface area contributed by atoms with Crippen molar-refractivity contribution < 1.29 is 8.82 Å². The molecule has 2 aromatic carbocycles. The lowest BCUT2D eigenvalue weighted by Crippen LogP contribution is -2.67. The predicted molar refractivity (Wildman–Crippen MR) is 136 cm³/mol. The quantitative estimate of drug-likeness (QED) is 0.283. The van der Waals surface area contributed by atoms with Crippen molar-refractivity contribution in [3.05, 3.63) is 90.4 Å². The molecule has 4 aromatic rings. The Hall–Kier alpha value is -2.87. The van der Waals surface area contributed by atoms with Gasteiger partial charge in [0.1, 0.15) is 17.7 Å². The van der Waals surface area contributed by atoms with Crippen molar-refractivity contribution in [2.24, 2.45) is 0 Å². The molecule has 0 bridgehead atoms. The van der Waals surface area contributed by atoms with E-state index in [-0.39, 0.29) is 22.1 Å². The van der Waals surface area contributed by atoms with Crippen LogP contribution in [0.25, 0.3) is 11.2 Å². The minimum absolute atomic E-state index is 0.240. The number of hydrogen-bond donors (Lipinski definition) is 0. The van der Waals surface area contributed by atoms with E-state index in [1.165, 1.54) is 6.33 Å². The van der Waals surface area contributed by atoms with Gasteiger partial charge >= 0.3 is 0 Å². The number of halogens is 2. The molecule has 0 saturated heterocycles. The van der Waals surface area contributed by atoms with Crippen molar-refractivity contribution in [3.8, 4) is 0 Å². The van der Waals surface area contributed by atoms with Gasteiger partial charge in [0.2, 0.25) is 0 Å². The number of rotatable bonds is 5. The first-order valence-corrected chi connectivity index (χ1v) is 13.6. The molecule has 2 heterocycles. The summed E-state index contributed by atoms with van der Waals surface area (Å²) in [4.78, 5) is 12.7. The maximum atomic E-state index is 15.5. The number of allylic oxidation sites excluding steroid dienone is 1. The highest BCUT2D eigenvalue weighted by molar-refractivity contribution is 6.99. The number of imidazole rings is 1. The van der Waals surface area contributed by atoms with Crippen LogP contribution in [0, 0.1) is 0 Å². The topological polar surface area (TPSA) is 52.8 Å². The minimum atomic E-state index is -2.89. The predicted octanol–water partition coefficient (Wildman–Crippen LogP) is 5.22. The highest BCUT2D eigenvalue weighted by Crippen LogP contribution is 2.42. The van der Waals surface area contributed by atoms with Gasteiger partial charge in [0, 0.05) is 6.42 Å². The molecule has 0 saturated carbocycles. The Kier molecular flexibility index (Phi) is 5.87. The van der Waals surface area contributed by atoms with Crippen LogP contribution < -0.4 is 10.4 Å². The number of benzene rings is 2. The molecule has 1 aliphatic rings. The first-order chi connectivity index (χ1) is 16.3. The summed E-state index contributed by atoms with van der Waals surface area (Å²) >= 11 is 6.17. The normalized spacial score (nSPS) is 18.9. The van der Waals surface area contributed by atoms with Gasteiger partial charge < -0.3 is 8.99 Å². The molecule has 2 aromatic heterocycles. The minimum Gasteiger partial charge on any atom is -0.398 e. The zero-order valence-corrected chi connectivity index (χ0v) is 21.1. The van der Waals surface area contributed by atoms with E-state index in [0.29, 0.717) is 17.6 Å². The van der Waals surface area contributed by atoms with Crippen LogP contribution in [0.4, 0.5) is 4.39 Å². The molecule has 5 nitrogen and oxygen atoms in total. The zero-order chi connectivity index (χ0) is 23.9. The molecule has 0 aliphatic heterocycles. The van der Waals surface area contributed by atoms with Crippen LogP contribution in [0.2, 0.25) is 10.2 Å². The fraction of sp³-hybridized carbons (Fsp3) is 0.269. The molecule has 0 unspecified atom stereocenters. The SMILES string of the molecule is CC(C)(C)[Si](O[C@H]1C[C@H](n2cnc3c(Cl)ncnc32)C=C1F)(c1ccccc1)c1ccccc1. The molecule has 34 heavy (non-hydrogen) atoms. The van der Waals surface area contributed by atoms with E-state index in [4.69, 9.17) is 16.0 Å². The van der Waals surface area contributed by atoms with Gasteiger partial charge in [-0.05, 0) is 21.5 Å². The van der Waals surface area contributed by atoms with Crippen LogP contribution in [-0.2, 0) is 4.43 Å². The van der Waals surface area contributed by atoms with Gasteiger partial charge in [-0.25, -0.2) is 19.3 Å². The van der Waals surface area contributed by atoms with Gasteiger partial charge in [0.15, 0.2) is 10.8 Å². The molecule has 0 spiro atoms. The van der Waals surface area contributed by atoms with Crippen molar-refractivity contribution in [2.75, 3.05) is 0 Å². The molecule has 1 aliphatic carbocycles. The summed E-state index contributed by atoms with van der Waals surface area (Å²) in [6, 6.07) is 20.3. The summed E-state index contributed by atoms with van der Waals surface area (Å²) in [7, 11) is -2.89. The van der Waals surface area contributed by atoms with Gasteiger partial charge in [-0.3, -0.25) is 0 Å². The molecular weight excluding hydrogens is 467 g/mol. The summed E-state index contributed by atoms with van der Waals surface area (Å²) in [5.74, 6) is -0.264. The standard InChI is InChI=1S/C26H26ClFN4OSi/c1-26(2,3)34(19-10-6-4-7-11-19,20-12-8-5-9-13-20)33-22-15-18(14-21(22)28)32-17-31-23-24(27)29-16-30-25(23)32/h4-14,16-18,22H,15H2,1-3H3/t18-,22+/m1/s1. The Bertz CT molecular complexity index is 1300. The summed E-state index contributed by atoms with van der Waals surface area (Å²) in [5.41, 5.74) is 1.09. The van der Waals surface area contributed by atoms with Gasteiger partial charge in [-0.1, -0.05) is 93.0 Å². The fourth-order valence-electron chi connectivity index (χ4n) is 4.96. The van der Waals surface area contributed by atoms with Gasteiger partial charge in [-0.2, -0.15) is 0 Å². The van der Waals surface area contributed by atoms with Crippen LogP contribution >= 0.6 is 11.6 Å². The number of fused-ring (bicyclic) bond motifs is 1. The third-order valence-electron chi connectivity index (χ3n) is 6.52. The monoisotopic (exact) mass is 492 g/mol. The molecule has 174 valence electrons. The fourth-order valence-corrected chi connectivity index (χ4v) is 9.79. The Balaban J connectivity index is 1.56. The number of aromatic nitrogens is 4. The van der Waals surface area contributed by atoms with E-state index >= 15 is 4.39 Å². The summed E-state index contributed by atoms with van der Waals surface area (Å²) in [5, 5.41) is 2.29. The smallest absolute Gasteiger partial charge is 0.262 e. The molecule has 8 heteroatoms. The lowest BCUT2D eigenvalue weighted by atomic mass is 10.2. The van der Waals surface area contributed by atoms with E-state index in [1.54, 1.807) is 12.4 Å². The second-order valence-corrected chi connectivity index (χ2v) is 14.2. The largest absolute Gasteiger partial charge is 0.398 e. The first kappa shape index (κ1) is 22.9. The maximum absolute atomic E-state index is 15.5. The lowest BCUT2D eigenvalue weighted by Gasteiger charge is -2.44. The third-order valence-corrected chi connectivity index (χ3v) is 11.8. The van der Waals surface area contributed by atoms with Crippen LogP contribution in [0.5, 0.6) is 0 Å². The second kappa shape index (κ2) is 8.72. The third kappa shape index (κ3) is 3.78. The summed E-state index contributed by atoms with van der Waals surface area (Å²) in [6.07, 6.45) is 4.42. The molecular formula is C26H26ClFN4OSi. The zero-order valence-electron chi connectivity index (χ0n) is 19.3. The summed E-state index contributed by atoms with van der Waals surface area (Å²) < 4.78 is 24.4. The Morgan fingerprint density at radius 2 is 1.59 bits per heavy atom. The number of hydrogen-bond acceptors (Lipinski definition) is 4. The van der Waals surface area contributed by atoms with E-state index in [2.05, 4.69) is 60.0 Å². The second-order valence-electron chi connectivity index (χ2n) is 9.61. The molecule has 0 fully saturated rings.